The highest BCUT2D eigenvalue weighted by atomic mass is 32.1. The summed E-state index contributed by atoms with van der Waals surface area (Å²) in [7, 11) is 0. The van der Waals surface area contributed by atoms with Crippen LogP contribution in [0.5, 0.6) is 0 Å². The number of aromatic carboxylic acids is 1. The maximum Gasteiger partial charge on any atom is 0.413 e. The van der Waals surface area contributed by atoms with Crippen molar-refractivity contribution in [3.05, 3.63) is 94.9 Å². The summed E-state index contributed by atoms with van der Waals surface area (Å²) in [6.07, 6.45) is -0.561. The number of carbonyl (C=O) groups is 2. The molecule has 0 aliphatic heterocycles. The maximum absolute atomic E-state index is 12.4. The summed E-state index contributed by atoms with van der Waals surface area (Å²) in [4.78, 5) is 27.8. The number of carbonyl (C=O) groups excluding carboxylic acids is 1. The van der Waals surface area contributed by atoms with E-state index in [1.807, 2.05) is 24.3 Å². The SMILES string of the molecule is O=C(Nc1nc(-c2ccc(C(=O)O)cc2)cs1)OCC1c2ccccc2-c2ccccc21. The number of aromatic nitrogens is 1. The van der Waals surface area contributed by atoms with E-state index < -0.39 is 12.1 Å². The molecule has 1 amide bonds. The van der Waals surface area contributed by atoms with E-state index in [2.05, 4.69) is 34.6 Å². The molecule has 6 nitrogen and oxygen atoms in total. The Bertz CT molecular complexity index is 1270. The Labute approximate surface area is 188 Å². The second-order valence-electron chi connectivity index (χ2n) is 7.37. The molecule has 0 unspecified atom stereocenters. The second kappa shape index (κ2) is 8.28. The van der Waals surface area contributed by atoms with E-state index in [9.17, 15) is 9.59 Å². The fraction of sp³-hybridized carbons (Fsp3) is 0.0800. The quantitative estimate of drug-likeness (QED) is 0.404. The van der Waals surface area contributed by atoms with Crippen molar-refractivity contribution in [2.45, 2.75) is 5.92 Å². The minimum absolute atomic E-state index is 0.00671. The minimum Gasteiger partial charge on any atom is -0.478 e. The predicted molar refractivity (Wildman–Crippen MR) is 123 cm³/mol. The molecule has 32 heavy (non-hydrogen) atoms. The summed E-state index contributed by atoms with van der Waals surface area (Å²) in [5.41, 5.74) is 6.30. The van der Waals surface area contributed by atoms with Gasteiger partial charge in [0.1, 0.15) is 6.61 Å². The fourth-order valence-electron chi connectivity index (χ4n) is 3.97. The van der Waals surface area contributed by atoms with Crippen molar-refractivity contribution in [2.24, 2.45) is 0 Å². The van der Waals surface area contributed by atoms with Gasteiger partial charge in [0, 0.05) is 16.9 Å². The van der Waals surface area contributed by atoms with E-state index in [1.165, 1.54) is 34.6 Å². The van der Waals surface area contributed by atoms with Crippen LogP contribution in [0.25, 0.3) is 22.4 Å². The number of anilines is 1. The molecule has 2 N–H and O–H groups in total. The summed E-state index contributed by atoms with van der Waals surface area (Å²) >= 11 is 1.28. The van der Waals surface area contributed by atoms with E-state index >= 15 is 0 Å². The summed E-state index contributed by atoms with van der Waals surface area (Å²) < 4.78 is 5.55. The number of nitrogens with one attached hydrogen (secondary N) is 1. The van der Waals surface area contributed by atoms with Crippen molar-refractivity contribution < 1.29 is 19.4 Å². The Morgan fingerprint density at radius 2 is 1.56 bits per heavy atom. The van der Waals surface area contributed by atoms with Crippen LogP contribution in [0, 0.1) is 0 Å². The summed E-state index contributed by atoms with van der Waals surface area (Å²) in [5.74, 6) is -0.986. The number of benzene rings is 3. The van der Waals surface area contributed by atoms with Crippen LogP contribution >= 0.6 is 11.3 Å². The van der Waals surface area contributed by atoms with Gasteiger partial charge in [-0.25, -0.2) is 14.6 Å². The molecule has 0 fully saturated rings. The highest BCUT2D eigenvalue weighted by molar-refractivity contribution is 7.14. The van der Waals surface area contributed by atoms with Gasteiger partial charge in [0.25, 0.3) is 0 Å². The van der Waals surface area contributed by atoms with Gasteiger partial charge in [0.2, 0.25) is 0 Å². The van der Waals surface area contributed by atoms with Crippen LogP contribution < -0.4 is 5.32 Å². The van der Waals surface area contributed by atoms with E-state index in [4.69, 9.17) is 9.84 Å². The molecule has 0 spiro atoms. The summed E-state index contributed by atoms with van der Waals surface area (Å²) in [6.45, 7) is 0.231. The highest BCUT2D eigenvalue weighted by Crippen LogP contribution is 2.44. The van der Waals surface area contributed by atoms with Gasteiger partial charge in [-0.15, -0.1) is 11.3 Å². The molecule has 158 valence electrons. The van der Waals surface area contributed by atoms with Crippen LogP contribution in [-0.2, 0) is 4.74 Å². The van der Waals surface area contributed by atoms with Crippen molar-refractivity contribution in [2.75, 3.05) is 11.9 Å². The maximum atomic E-state index is 12.4. The number of nitrogens with zero attached hydrogens (tertiary/aromatic N) is 1. The molecule has 1 aromatic heterocycles. The van der Waals surface area contributed by atoms with Gasteiger partial charge in [0.05, 0.1) is 11.3 Å². The Balaban J connectivity index is 1.25. The van der Waals surface area contributed by atoms with Crippen molar-refractivity contribution >= 4 is 28.5 Å². The van der Waals surface area contributed by atoms with E-state index in [0.29, 0.717) is 10.8 Å². The number of carboxylic acids is 1. The first-order valence-electron chi connectivity index (χ1n) is 10.0. The lowest BCUT2D eigenvalue weighted by atomic mass is 9.98. The summed E-state index contributed by atoms with van der Waals surface area (Å²) in [5, 5.41) is 13.9. The van der Waals surface area contributed by atoms with Crippen LogP contribution in [0.4, 0.5) is 9.93 Å². The average Bonchev–Trinajstić information content (AvgIpc) is 3.40. The molecule has 3 aromatic carbocycles. The first kappa shape index (κ1) is 20.0. The third kappa shape index (κ3) is 3.74. The smallest absolute Gasteiger partial charge is 0.413 e. The number of thiazole rings is 1. The number of carboxylic acid groups (broad SMARTS) is 1. The first-order valence-corrected chi connectivity index (χ1v) is 10.9. The number of hydrogen-bond donors (Lipinski definition) is 2. The molecule has 0 atom stereocenters. The molecule has 0 radical (unpaired) electrons. The van der Waals surface area contributed by atoms with Crippen molar-refractivity contribution in [1.29, 1.82) is 0 Å². The van der Waals surface area contributed by atoms with Gasteiger partial charge in [-0.3, -0.25) is 5.32 Å². The normalized spacial score (nSPS) is 12.1. The monoisotopic (exact) mass is 442 g/mol. The summed E-state index contributed by atoms with van der Waals surface area (Å²) in [6, 6.07) is 22.8. The lowest BCUT2D eigenvalue weighted by Gasteiger charge is -2.14. The fourth-order valence-corrected chi connectivity index (χ4v) is 4.67. The van der Waals surface area contributed by atoms with Gasteiger partial charge in [0.15, 0.2) is 5.13 Å². The molecule has 0 bridgehead atoms. The number of amides is 1. The van der Waals surface area contributed by atoms with Gasteiger partial charge in [-0.1, -0.05) is 60.7 Å². The van der Waals surface area contributed by atoms with Crippen LogP contribution in [0.1, 0.15) is 27.4 Å². The van der Waals surface area contributed by atoms with E-state index in [1.54, 1.807) is 17.5 Å². The Kier molecular flexibility index (Phi) is 5.17. The van der Waals surface area contributed by atoms with Gasteiger partial charge in [-0.05, 0) is 34.4 Å². The second-order valence-corrected chi connectivity index (χ2v) is 8.23. The van der Waals surface area contributed by atoms with Crippen LogP contribution in [-0.4, -0.2) is 28.8 Å². The number of rotatable bonds is 5. The zero-order valence-corrected chi connectivity index (χ0v) is 17.6. The number of hydrogen-bond acceptors (Lipinski definition) is 5. The molecular formula is C25H18N2O4S. The third-order valence-electron chi connectivity index (χ3n) is 5.48. The predicted octanol–water partition coefficient (Wildman–Crippen LogP) is 5.87. The molecule has 5 rings (SSSR count). The standard InChI is InChI=1S/C25H18N2O4S/c28-23(29)16-11-9-15(10-12-16)22-14-32-24(26-22)27-25(30)31-13-21-19-7-3-1-5-17(19)18-6-2-4-8-20(18)21/h1-12,14,21H,13H2,(H,28,29)(H,26,27,30). The first-order chi connectivity index (χ1) is 15.6. The zero-order chi connectivity index (χ0) is 22.1. The molecular weight excluding hydrogens is 424 g/mol. The van der Waals surface area contributed by atoms with Crippen LogP contribution in [0.15, 0.2) is 78.2 Å². The van der Waals surface area contributed by atoms with Crippen LogP contribution in [0.2, 0.25) is 0 Å². The van der Waals surface area contributed by atoms with Crippen molar-refractivity contribution in [3.8, 4) is 22.4 Å². The topological polar surface area (TPSA) is 88.5 Å². The number of fused-ring (bicyclic) bond motifs is 3. The largest absolute Gasteiger partial charge is 0.478 e. The Morgan fingerprint density at radius 1 is 0.938 bits per heavy atom. The molecule has 0 saturated carbocycles. The average molecular weight is 442 g/mol. The van der Waals surface area contributed by atoms with Crippen molar-refractivity contribution in [3.63, 3.8) is 0 Å². The lowest BCUT2D eigenvalue weighted by molar-refractivity contribution is 0.0697. The van der Waals surface area contributed by atoms with Gasteiger partial charge >= 0.3 is 12.1 Å². The Morgan fingerprint density at radius 3 is 2.19 bits per heavy atom. The Hall–Kier alpha value is -3.97. The molecule has 7 heteroatoms. The van der Waals surface area contributed by atoms with Gasteiger partial charge in [-0.2, -0.15) is 0 Å². The zero-order valence-electron chi connectivity index (χ0n) is 16.8. The third-order valence-corrected chi connectivity index (χ3v) is 6.24. The minimum atomic E-state index is -0.979. The van der Waals surface area contributed by atoms with Gasteiger partial charge < -0.3 is 9.84 Å². The molecule has 0 saturated heterocycles. The van der Waals surface area contributed by atoms with E-state index in [0.717, 1.165) is 16.7 Å². The van der Waals surface area contributed by atoms with E-state index in [-0.39, 0.29) is 18.1 Å². The van der Waals surface area contributed by atoms with Crippen molar-refractivity contribution in [1.82, 2.24) is 4.98 Å². The highest BCUT2D eigenvalue weighted by Gasteiger charge is 2.29. The molecule has 1 heterocycles. The lowest BCUT2D eigenvalue weighted by Crippen LogP contribution is -2.17. The van der Waals surface area contributed by atoms with Crippen LogP contribution in [0.3, 0.4) is 0 Å². The molecule has 1 aliphatic rings. The number of ether oxygens (including phenoxy) is 1. The molecule has 4 aromatic rings. The molecule has 1 aliphatic carbocycles.